The topological polar surface area (TPSA) is 61.4 Å². The van der Waals surface area contributed by atoms with Gasteiger partial charge in [0.1, 0.15) is 0 Å². The third-order valence-corrected chi connectivity index (χ3v) is 4.97. The van der Waals surface area contributed by atoms with Crippen LogP contribution in [0.3, 0.4) is 0 Å². The van der Waals surface area contributed by atoms with Gasteiger partial charge in [0.2, 0.25) is 5.91 Å². The van der Waals surface area contributed by atoms with Crippen molar-refractivity contribution in [1.82, 2.24) is 4.90 Å². The molecule has 1 atom stereocenters. The van der Waals surface area contributed by atoms with Crippen molar-refractivity contribution in [2.75, 3.05) is 30.3 Å². The first kappa shape index (κ1) is 19.2. The van der Waals surface area contributed by atoms with E-state index in [0.717, 1.165) is 19.5 Å². The average molecular weight is 386 g/mol. The zero-order valence-electron chi connectivity index (χ0n) is 15.4. The molecule has 142 valence electrons. The number of hydrogen-bond donors (Lipinski definition) is 2. The quantitative estimate of drug-likeness (QED) is 0.808. The number of hydrogen-bond acceptors (Lipinski definition) is 3. The van der Waals surface area contributed by atoms with Gasteiger partial charge in [-0.2, -0.15) is 0 Å². The van der Waals surface area contributed by atoms with Crippen LogP contribution < -0.4 is 10.6 Å². The lowest BCUT2D eigenvalue weighted by atomic mass is 10.0. The van der Waals surface area contributed by atoms with Gasteiger partial charge >= 0.3 is 0 Å². The van der Waals surface area contributed by atoms with Crippen LogP contribution in [-0.4, -0.2) is 36.3 Å². The number of piperidine rings is 1. The summed E-state index contributed by atoms with van der Waals surface area (Å²) in [5.41, 5.74) is 1.80. The molecule has 6 heteroatoms. The van der Waals surface area contributed by atoms with Gasteiger partial charge in [-0.25, -0.2) is 0 Å². The highest BCUT2D eigenvalue weighted by Gasteiger charge is 2.21. The normalized spacial score (nSPS) is 16.7. The minimum absolute atomic E-state index is 0.0643. The zero-order chi connectivity index (χ0) is 19.2. The van der Waals surface area contributed by atoms with E-state index in [4.69, 9.17) is 11.6 Å². The number of halogens is 1. The molecule has 1 heterocycles. The number of nitrogens with zero attached hydrogens (tertiary/aromatic N) is 1. The Morgan fingerprint density at radius 1 is 1.15 bits per heavy atom. The maximum absolute atomic E-state index is 12.6. The lowest BCUT2D eigenvalue weighted by molar-refractivity contribution is -0.130. The Morgan fingerprint density at radius 2 is 1.89 bits per heavy atom. The largest absolute Gasteiger partial charge is 0.376 e. The van der Waals surface area contributed by atoms with E-state index in [1.54, 1.807) is 36.4 Å². The van der Waals surface area contributed by atoms with Crippen LogP contribution in [0, 0.1) is 5.92 Å². The maximum atomic E-state index is 12.6. The van der Waals surface area contributed by atoms with Crippen LogP contribution in [-0.2, 0) is 4.79 Å². The van der Waals surface area contributed by atoms with E-state index in [0.29, 0.717) is 27.9 Å². The number of para-hydroxylation sites is 1. The Morgan fingerprint density at radius 3 is 2.63 bits per heavy atom. The molecule has 3 rings (SSSR count). The Kier molecular flexibility index (Phi) is 6.35. The summed E-state index contributed by atoms with van der Waals surface area (Å²) in [4.78, 5) is 27.0. The molecule has 2 aromatic carbocycles. The predicted octanol–water partition coefficient (Wildman–Crippen LogP) is 4.26. The van der Waals surface area contributed by atoms with Crippen LogP contribution in [0.5, 0.6) is 0 Å². The molecule has 1 aliphatic rings. The summed E-state index contributed by atoms with van der Waals surface area (Å²) in [7, 11) is 0. The second kappa shape index (κ2) is 8.91. The number of likely N-dealkylation sites (tertiary alicyclic amines) is 1. The van der Waals surface area contributed by atoms with Crippen molar-refractivity contribution < 1.29 is 9.59 Å². The molecule has 1 aliphatic heterocycles. The van der Waals surface area contributed by atoms with Crippen LogP contribution >= 0.6 is 11.6 Å². The van der Waals surface area contributed by atoms with Crippen LogP contribution in [0.15, 0.2) is 48.5 Å². The van der Waals surface area contributed by atoms with Crippen molar-refractivity contribution in [3.8, 4) is 0 Å². The standard InChI is InChI=1S/C21H24ClN3O2/c1-15-5-4-12-25(14-15)20(26)13-23-19-7-3-2-6-18(19)21(27)24-17-10-8-16(22)9-11-17/h2-3,6-11,15,23H,4-5,12-14H2,1H3,(H,24,27). The predicted molar refractivity (Wildman–Crippen MR) is 109 cm³/mol. The van der Waals surface area contributed by atoms with E-state index in [9.17, 15) is 9.59 Å². The Labute approximate surface area is 164 Å². The Hall–Kier alpha value is -2.53. The van der Waals surface area contributed by atoms with Crippen molar-refractivity contribution >= 4 is 34.8 Å². The summed E-state index contributed by atoms with van der Waals surface area (Å²) in [5, 5.41) is 6.59. The zero-order valence-corrected chi connectivity index (χ0v) is 16.1. The first-order valence-electron chi connectivity index (χ1n) is 9.20. The van der Waals surface area contributed by atoms with Crippen LogP contribution in [0.4, 0.5) is 11.4 Å². The van der Waals surface area contributed by atoms with Gasteiger partial charge in [-0.1, -0.05) is 30.7 Å². The summed E-state index contributed by atoms with van der Waals surface area (Å²) in [6, 6.07) is 14.1. The van der Waals surface area contributed by atoms with E-state index in [1.807, 2.05) is 17.0 Å². The monoisotopic (exact) mass is 385 g/mol. The van der Waals surface area contributed by atoms with E-state index in [1.165, 1.54) is 6.42 Å². The van der Waals surface area contributed by atoms with Crippen molar-refractivity contribution in [3.05, 3.63) is 59.1 Å². The fraction of sp³-hybridized carbons (Fsp3) is 0.333. The van der Waals surface area contributed by atoms with Crippen LogP contribution in [0.25, 0.3) is 0 Å². The molecule has 27 heavy (non-hydrogen) atoms. The Balaban J connectivity index is 1.63. The number of anilines is 2. The lowest BCUT2D eigenvalue weighted by Gasteiger charge is -2.31. The second-order valence-corrected chi connectivity index (χ2v) is 7.38. The minimum atomic E-state index is -0.237. The van der Waals surface area contributed by atoms with Crippen molar-refractivity contribution in [1.29, 1.82) is 0 Å². The molecule has 1 saturated heterocycles. The van der Waals surface area contributed by atoms with E-state index < -0.39 is 0 Å². The molecule has 1 fully saturated rings. The third kappa shape index (κ3) is 5.23. The summed E-state index contributed by atoms with van der Waals surface area (Å²) >= 11 is 5.88. The van der Waals surface area contributed by atoms with Gasteiger partial charge in [-0.3, -0.25) is 9.59 Å². The first-order valence-corrected chi connectivity index (χ1v) is 9.58. The number of carbonyl (C=O) groups excluding carboxylic acids is 2. The van der Waals surface area contributed by atoms with E-state index in [-0.39, 0.29) is 18.4 Å². The number of nitrogens with one attached hydrogen (secondary N) is 2. The van der Waals surface area contributed by atoms with Crippen LogP contribution in [0.2, 0.25) is 5.02 Å². The smallest absolute Gasteiger partial charge is 0.257 e. The molecule has 5 nitrogen and oxygen atoms in total. The summed E-state index contributed by atoms with van der Waals surface area (Å²) in [6.45, 7) is 3.96. The van der Waals surface area contributed by atoms with Crippen molar-refractivity contribution in [2.45, 2.75) is 19.8 Å². The Bertz CT molecular complexity index is 807. The summed E-state index contributed by atoms with van der Waals surface area (Å²) in [6.07, 6.45) is 2.22. The average Bonchev–Trinajstić information content (AvgIpc) is 2.68. The summed E-state index contributed by atoms with van der Waals surface area (Å²) in [5.74, 6) is 0.370. The van der Waals surface area contributed by atoms with Gasteiger partial charge in [-0.15, -0.1) is 0 Å². The van der Waals surface area contributed by atoms with Gasteiger partial charge in [-0.05, 0) is 55.2 Å². The maximum Gasteiger partial charge on any atom is 0.257 e. The van der Waals surface area contributed by atoms with E-state index in [2.05, 4.69) is 17.6 Å². The van der Waals surface area contributed by atoms with Gasteiger partial charge in [0.05, 0.1) is 12.1 Å². The molecule has 0 spiro atoms. The molecule has 2 N–H and O–H groups in total. The fourth-order valence-corrected chi connectivity index (χ4v) is 3.39. The molecule has 0 bridgehead atoms. The van der Waals surface area contributed by atoms with Gasteiger partial charge < -0.3 is 15.5 Å². The highest BCUT2D eigenvalue weighted by molar-refractivity contribution is 6.30. The van der Waals surface area contributed by atoms with E-state index >= 15 is 0 Å². The molecule has 1 unspecified atom stereocenters. The molecule has 0 saturated carbocycles. The first-order chi connectivity index (χ1) is 13.0. The molecule has 0 aromatic heterocycles. The highest BCUT2D eigenvalue weighted by atomic mass is 35.5. The molecular formula is C21H24ClN3O2. The molecule has 2 amide bonds. The highest BCUT2D eigenvalue weighted by Crippen LogP contribution is 2.20. The molecular weight excluding hydrogens is 362 g/mol. The molecule has 2 aromatic rings. The SMILES string of the molecule is CC1CCCN(C(=O)CNc2ccccc2C(=O)Nc2ccc(Cl)cc2)C1. The third-order valence-electron chi connectivity index (χ3n) is 4.71. The number of carbonyl (C=O) groups is 2. The minimum Gasteiger partial charge on any atom is -0.376 e. The second-order valence-electron chi connectivity index (χ2n) is 6.95. The van der Waals surface area contributed by atoms with Crippen molar-refractivity contribution in [2.24, 2.45) is 5.92 Å². The van der Waals surface area contributed by atoms with Gasteiger partial charge in [0.15, 0.2) is 0 Å². The van der Waals surface area contributed by atoms with Gasteiger partial charge in [0, 0.05) is 29.5 Å². The lowest BCUT2D eigenvalue weighted by Crippen LogP contribution is -2.42. The molecule has 0 aliphatic carbocycles. The number of amides is 2. The number of rotatable bonds is 5. The summed E-state index contributed by atoms with van der Waals surface area (Å²) < 4.78 is 0. The molecule has 0 radical (unpaired) electrons. The van der Waals surface area contributed by atoms with Crippen LogP contribution in [0.1, 0.15) is 30.1 Å². The van der Waals surface area contributed by atoms with Crippen molar-refractivity contribution in [3.63, 3.8) is 0 Å². The number of benzene rings is 2. The van der Waals surface area contributed by atoms with Gasteiger partial charge in [0.25, 0.3) is 5.91 Å². The fourth-order valence-electron chi connectivity index (χ4n) is 3.27.